The van der Waals surface area contributed by atoms with Crippen molar-refractivity contribution in [1.29, 1.82) is 0 Å². The number of carbonyl (C=O) groups excluding carboxylic acids is 1. The maximum Gasteiger partial charge on any atom is 0.416 e. The van der Waals surface area contributed by atoms with Crippen molar-refractivity contribution in [3.63, 3.8) is 0 Å². The maximum absolute atomic E-state index is 15.1. The van der Waals surface area contributed by atoms with Crippen LogP contribution in [0, 0.1) is 5.82 Å². The van der Waals surface area contributed by atoms with Gasteiger partial charge in [-0.05, 0) is 67.5 Å². The van der Waals surface area contributed by atoms with Gasteiger partial charge in [-0.25, -0.2) is 9.38 Å². The normalized spacial score (nSPS) is 22.0. The Bertz CT molecular complexity index is 1200. The van der Waals surface area contributed by atoms with Crippen LogP contribution in [0.3, 0.4) is 0 Å². The lowest BCUT2D eigenvalue weighted by Gasteiger charge is -2.37. The summed E-state index contributed by atoms with van der Waals surface area (Å²) < 4.78 is 54.7. The van der Waals surface area contributed by atoms with Gasteiger partial charge in [0.25, 0.3) is 5.91 Å². The average Bonchev–Trinajstić information content (AvgIpc) is 3.34. The van der Waals surface area contributed by atoms with Gasteiger partial charge in [-0.2, -0.15) is 13.2 Å². The fourth-order valence-corrected chi connectivity index (χ4v) is 5.57. The third-order valence-electron chi connectivity index (χ3n) is 7.24. The number of nitrogens with zero attached hydrogens (tertiary/aromatic N) is 3. The van der Waals surface area contributed by atoms with Crippen LogP contribution >= 0.6 is 0 Å². The number of guanidine groups is 1. The van der Waals surface area contributed by atoms with Crippen LogP contribution in [-0.4, -0.2) is 39.9 Å². The second kappa shape index (κ2) is 8.82. The highest BCUT2D eigenvalue weighted by molar-refractivity contribution is 5.96. The number of carbonyl (C=O) groups is 1. The summed E-state index contributed by atoms with van der Waals surface area (Å²) in [5, 5.41) is 9.81. The Morgan fingerprint density at radius 2 is 1.83 bits per heavy atom. The molecule has 0 unspecified atom stereocenters. The number of nitrogens with two attached hydrogens (primary N) is 1. The molecule has 2 atom stereocenters. The molecule has 0 spiro atoms. The van der Waals surface area contributed by atoms with Crippen LogP contribution in [0.25, 0.3) is 0 Å². The first-order valence-corrected chi connectivity index (χ1v) is 11.7. The van der Waals surface area contributed by atoms with E-state index in [9.17, 15) is 23.1 Å². The molecule has 35 heavy (non-hydrogen) atoms. The van der Waals surface area contributed by atoms with Crippen molar-refractivity contribution < 1.29 is 27.5 Å². The van der Waals surface area contributed by atoms with Gasteiger partial charge in [0.15, 0.2) is 5.96 Å². The highest BCUT2D eigenvalue weighted by Gasteiger charge is 2.37. The van der Waals surface area contributed by atoms with Crippen molar-refractivity contribution >= 4 is 17.6 Å². The molecular weight excluding hydrogens is 464 g/mol. The van der Waals surface area contributed by atoms with Gasteiger partial charge in [0.2, 0.25) is 0 Å². The van der Waals surface area contributed by atoms with Gasteiger partial charge < -0.3 is 20.6 Å². The number of aliphatic hydroxyl groups is 1. The van der Waals surface area contributed by atoms with E-state index >= 15 is 4.39 Å². The molecule has 3 N–H and O–H groups in total. The molecule has 0 radical (unpaired) electrons. The van der Waals surface area contributed by atoms with Crippen LogP contribution in [0.4, 0.5) is 23.2 Å². The molecule has 6 nitrogen and oxygen atoms in total. The summed E-state index contributed by atoms with van der Waals surface area (Å²) >= 11 is 0. The Kier molecular flexibility index (Phi) is 5.94. The predicted molar refractivity (Wildman–Crippen MR) is 121 cm³/mol. The van der Waals surface area contributed by atoms with E-state index in [1.165, 1.54) is 6.07 Å². The summed E-state index contributed by atoms with van der Waals surface area (Å²) in [7, 11) is 0. The van der Waals surface area contributed by atoms with Crippen molar-refractivity contribution in [1.82, 2.24) is 9.80 Å². The Labute approximate surface area is 200 Å². The summed E-state index contributed by atoms with van der Waals surface area (Å²) in [6.45, 7) is 0.516. The molecule has 5 rings (SSSR count). The summed E-state index contributed by atoms with van der Waals surface area (Å²) in [6, 6.07) is 5.42. The first-order valence-electron chi connectivity index (χ1n) is 11.7. The summed E-state index contributed by atoms with van der Waals surface area (Å²) in [5.41, 5.74) is 6.72. The topological polar surface area (TPSA) is 82.2 Å². The molecule has 2 fully saturated rings. The molecule has 0 aliphatic carbocycles. The zero-order valence-electron chi connectivity index (χ0n) is 19.0. The van der Waals surface area contributed by atoms with Gasteiger partial charge in [-0.15, -0.1) is 0 Å². The predicted octanol–water partition coefficient (Wildman–Crippen LogP) is 4.80. The maximum atomic E-state index is 15.1. The number of aliphatic hydroxyl groups excluding tert-OH is 1. The Hall–Kier alpha value is -3.14. The minimum absolute atomic E-state index is 0.132. The molecule has 0 aromatic heterocycles. The van der Waals surface area contributed by atoms with Crippen LogP contribution in [0.2, 0.25) is 0 Å². The van der Waals surface area contributed by atoms with Crippen molar-refractivity contribution in [2.45, 2.75) is 57.0 Å². The number of halogens is 4. The van der Waals surface area contributed by atoms with E-state index in [2.05, 4.69) is 4.99 Å². The second-order valence-electron chi connectivity index (χ2n) is 9.30. The summed E-state index contributed by atoms with van der Waals surface area (Å²) in [4.78, 5) is 21.4. The number of fused-ring (bicyclic) bond motifs is 3. The fourth-order valence-electron chi connectivity index (χ4n) is 5.57. The third kappa shape index (κ3) is 4.13. The lowest BCUT2D eigenvalue weighted by molar-refractivity contribution is -0.137. The van der Waals surface area contributed by atoms with Crippen molar-refractivity contribution in [2.24, 2.45) is 10.7 Å². The number of benzene rings is 2. The third-order valence-corrected chi connectivity index (χ3v) is 7.24. The highest BCUT2D eigenvalue weighted by Crippen LogP contribution is 2.43. The minimum atomic E-state index is -4.54. The largest absolute Gasteiger partial charge is 0.416 e. The standard InChI is InChI=1S/C25H26F4N4O2/c26-19-12-14(11-18-21-5-3-9-33(21)24(30)31-22(18)19)23(35)32-8-2-1-4-20(32)17-7-6-16(25(27,28)29)10-15(17)13-34/h6-7,10-12,20-21,34H,1-5,8-9,13H2,(H2,30,31)/t20-,21-/m1/s1. The highest BCUT2D eigenvalue weighted by atomic mass is 19.4. The second-order valence-corrected chi connectivity index (χ2v) is 9.30. The Morgan fingerprint density at radius 3 is 2.57 bits per heavy atom. The van der Waals surface area contributed by atoms with E-state index < -0.39 is 36.1 Å². The van der Waals surface area contributed by atoms with Gasteiger partial charge in [-0.3, -0.25) is 4.79 Å². The minimum Gasteiger partial charge on any atom is -0.392 e. The monoisotopic (exact) mass is 490 g/mol. The number of alkyl halides is 3. The Balaban J connectivity index is 1.51. The van der Waals surface area contributed by atoms with Crippen LogP contribution in [0.1, 0.15) is 76.8 Å². The van der Waals surface area contributed by atoms with Gasteiger partial charge >= 0.3 is 6.18 Å². The molecule has 0 saturated carbocycles. The molecule has 2 aromatic carbocycles. The summed E-state index contributed by atoms with van der Waals surface area (Å²) in [5.74, 6) is -0.750. The number of likely N-dealkylation sites (tertiary alicyclic amines) is 1. The Morgan fingerprint density at radius 1 is 1.06 bits per heavy atom. The molecule has 3 aliphatic rings. The first kappa shape index (κ1) is 23.6. The molecule has 3 aliphatic heterocycles. The van der Waals surface area contributed by atoms with Crippen LogP contribution in [0.15, 0.2) is 35.3 Å². The molecular formula is C25H26F4N4O2. The molecule has 2 saturated heterocycles. The summed E-state index contributed by atoms with van der Waals surface area (Å²) in [6.07, 6.45) is -0.837. The number of rotatable bonds is 3. The zero-order chi connectivity index (χ0) is 24.9. The average molecular weight is 491 g/mol. The van der Waals surface area contributed by atoms with Crippen molar-refractivity contribution in [3.8, 4) is 0 Å². The first-order chi connectivity index (χ1) is 16.7. The molecule has 2 aromatic rings. The smallest absolute Gasteiger partial charge is 0.392 e. The van der Waals surface area contributed by atoms with Crippen molar-refractivity contribution in [2.75, 3.05) is 13.1 Å². The number of hydrogen-bond donors (Lipinski definition) is 2. The van der Waals surface area contributed by atoms with Gasteiger partial charge in [-0.1, -0.05) is 6.07 Å². The van der Waals surface area contributed by atoms with Crippen LogP contribution in [-0.2, 0) is 12.8 Å². The van der Waals surface area contributed by atoms with Crippen LogP contribution in [0.5, 0.6) is 0 Å². The SMILES string of the molecule is NC1=Nc2c(F)cc(C(=O)N3CCCC[C@@H]3c3ccc(C(F)(F)F)cc3CO)cc2[C@H]2CCCN12. The lowest BCUT2D eigenvalue weighted by Crippen LogP contribution is -2.40. The van der Waals surface area contributed by atoms with Gasteiger partial charge in [0, 0.05) is 24.2 Å². The van der Waals surface area contributed by atoms with Gasteiger partial charge in [0.05, 0.1) is 24.3 Å². The lowest BCUT2D eigenvalue weighted by atomic mass is 9.90. The van der Waals surface area contributed by atoms with Gasteiger partial charge in [0.1, 0.15) is 11.5 Å². The van der Waals surface area contributed by atoms with E-state index in [0.717, 1.165) is 43.9 Å². The number of piperidine rings is 1. The number of aliphatic imine (C=N–C) groups is 1. The van der Waals surface area contributed by atoms with Crippen LogP contribution < -0.4 is 5.73 Å². The van der Waals surface area contributed by atoms with Crippen molar-refractivity contribution in [3.05, 3.63) is 64.0 Å². The number of amides is 1. The van der Waals surface area contributed by atoms with E-state index in [1.807, 2.05) is 4.90 Å². The van der Waals surface area contributed by atoms with E-state index in [1.54, 1.807) is 11.0 Å². The number of hydrogen-bond acceptors (Lipinski definition) is 5. The van der Waals surface area contributed by atoms with E-state index in [4.69, 9.17) is 5.73 Å². The zero-order valence-corrected chi connectivity index (χ0v) is 19.0. The molecule has 10 heteroatoms. The molecule has 186 valence electrons. The fraction of sp³-hybridized carbons (Fsp3) is 0.440. The molecule has 1 amide bonds. The molecule has 0 bridgehead atoms. The quantitative estimate of drug-likeness (QED) is 0.606. The van der Waals surface area contributed by atoms with E-state index in [-0.39, 0.29) is 28.8 Å². The molecule has 3 heterocycles. The van der Waals surface area contributed by atoms with E-state index in [0.29, 0.717) is 30.6 Å².